The SMILES string of the molecule is CCCNCC1CCN(C(C)Cc2ccc(F)cc2)C1. The van der Waals surface area contributed by atoms with Gasteiger partial charge in [0, 0.05) is 12.6 Å². The van der Waals surface area contributed by atoms with Crippen LogP contribution in [0.25, 0.3) is 0 Å². The highest BCUT2D eigenvalue weighted by Gasteiger charge is 2.25. The van der Waals surface area contributed by atoms with Gasteiger partial charge in [0.1, 0.15) is 5.82 Å². The Morgan fingerprint density at radius 1 is 1.35 bits per heavy atom. The molecule has 1 saturated heterocycles. The predicted octanol–water partition coefficient (Wildman–Crippen LogP) is 3.08. The molecule has 1 aliphatic heterocycles. The first-order chi connectivity index (χ1) is 9.69. The Hall–Kier alpha value is -0.930. The fraction of sp³-hybridized carbons (Fsp3) is 0.647. The van der Waals surface area contributed by atoms with Crippen LogP contribution in [0.3, 0.4) is 0 Å². The van der Waals surface area contributed by atoms with Gasteiger partial charge in [-0.15, -0.1) is 0 Å². The minimum Gasteiger partial charge on any atom is -0.316 e. The summed E-state index contributed by atoms with van der Waals surface area (Å²) in [5.41, 5.74) is 1.23. The smallest absolute Gasteiger partial charge is 0.123 e. The molecule has 112 valence electrons. The van der Waals surface area contributed by atoms with Crippen molar-refractivity contribution in [2.75, 3.05) is 26.2 Å². The van der Waals surface area contributed by atoms with E-state index in [2.05, 4.69) is 24.1 Å². The van der Waals surface area contributed by atoms with Crippen LogP contribution >= 0.6 is 0 Å². The maximum absolute atomic E-state index is 12.9. The largest absolute Gasteiger partial charge is 0.316 e. The van der Waals surface area contributed by atoms with Crippen LogP contribution in [0.2, 0.25) is 0 Å². The van der Waals surface area contributed by atoms with Crippen molar-refractivity contribution >= 4 is 0 Å². The van der Waals surface area contributed by atoms with Crippen molar-refractivity contribution in [1.82, 2.24) is 10.2 Å². The van der Waals surface area contributed by atoms with Crippen molar-refractivity contribution < 1.29 is 4.39 Å². The molecule has 0 saturated carbocycles. The van der Waals surface area contributed by atoms with E-state index in [-0.39, 0.29) is 5.82 Å². The summed E-state index contributed by atoms with van der Waals surface area (Å²) in [5.74, 6) is 0.641. The first-order valence-electron chi connectivity index (χ1n) is 7.88. The van der Waals surface area contributed by atoms with Gasteiger partial charge in [-0.2, -0.15) is 0 Å². The average Bonchev–Trinajstić information content (AvgIpc) is 2.91. The minimum absolute atomic E-state index is 0.148. The molecule has 2 rings (SSSR count). The zero-order chi connectivity index (χ0) is 14.4. The Labute approximate surface area is 122 Å². The number of halogens is 1. The van der Waals surface area contributed by atoms with Gasteiger partial charge < -0.3 is 5.32 Å². The van der Waals surface area contributed by atoms with Crippen molar-refractivity contribution in [3.05, 3.63) is 35.6 Å². The Balaban J connectivity index is 1.76. The van der Waals surface area contributed by atoms with E-state index in [0.717, 1.165) is 25.4 Å². The number of benzene rings is 1. The number of hydrogen-bond acceptors (Lipinski definition) is 2. The van der Waals surface area contributed by atoms with E-state index in [1.54, 1.807) is 12.1 Å². The summed E-state index contributed by atoms with van der Waals surface area (Å²) in [5, 5.41) is 3.52. The molecule has 3 heteroatoms. The second kappa shape index (κ2) is 7.75. The van der Waals surface area contributed by atoms with Gasteiger partial charge >= 0.3 is 0 Å². The van der Waals surface area contributed by atoms with Gasteiger partial charge in [0.05, 0.1) is 0 Å². The monoisotopic (exact) mass is 278 g/mol. The number of rotatable bonds is 7. The van der Waals surface area contributed by atoms with E-state index in [4.69, 9.17) is 0 Å². The number of hydrogen-bond donors (Lipinski definition) is 1. The lowest BCUT2D eigenvalue weighted by Gasteiger charge is -2.24. The molecular weight excluding hydrogens is 251 g/mol. The fourth-order valence-corrected chi connectivity index (χ4v) is 3.00. The van der Waals surface area contributed by atoms with Gasteiger partial charge in [0.15, 0.2) is 0 Å². The zero-order valence-corrected chi connectivity index (χ0v) is 12.7. The van der Waals surface area contributed by atoms with Gasteiger partial charge in [-0.1, -0.05) is 19.1 Å². The van der Waals surface area contributed by atoms with Crippen LogP contribution in [0.1, 0.15) is 32.3 Å². The van der Waals surface area contributed by atoms with Crippen LogP contribution < -0.4 is 5.32 Å². The highest BCUT2D eigenvalue weighted by molar-refractivity contribution is 5.17. The van der Waals surface area contributed by atoms with Gasteiger partial charge in [0.2, 0.25) is 0 Å². The van der Waals surface area contributed by atoms with Crippen molar-refractivity contribution in [3.8, 4) is 0 Å². The van der Waals surface area contributed by atoms with Crippen LogP contribution in [-0.2, 0) is 6.42 Å². The van der Waals surface area contributed by atoms with E-state index in [1.165, 1.54) is 31.5 Å². The molecule has 2 unspecified atom stereocenters. The quantitative estimate of drug-likeness (QED) is 0.771. The van der Waals surface area contributed by atoms with Crippen molar-refractivity contribution in [3.63, 3.8) is 0 Å². The molecule has 1 aromatic rings. The third kappa shape index (κ3) is 4.57. The van der Waals surface area contributed by atoms with E-state index in [9.17, 15) is 4.39 Å². The van der Waals surface area contributed by atoms with Gasteiger partial charge in [0.25, 0.3) is 0 Å². The molecule has 1 N–H and O–H groups in total. The summed E-state index contributed by atoms with van der Waals surface area (Å²) in [7, 11) is 0. The molecular formula is C17H27FN2. The van der Waals surface area contributed by atoms with Gasteiger partial charge in [-0.3, -0.25) is 4.90 Å². The summed E-state index contributed by atoms with van der Waals surface area (Å²) in [6.45, 7) is 9.15. The van der Waals surface area contributed by atoms with Crippen molar-refractivity contribution in [1.29, 1.82) is 0 Å². The topological polar surface area (TPSA) is 15.3 Å². The van der Waals surface area contributed by atoms with Crippen LogP contribution in [-0.4, -0.2) is 37.1 Å². The van der Waals surface area contributed by atoms with Crippen LogP contribution in [0.15, 0.2) is 24.3 Å². The van der Waals surface area contributed by atoms with E-state index < -0.39 is 0 Å². The molecule has 2 nitrogen and oxygen atoms in total. The maximum Gasteiger partial charge on any atom is 0.123 e. The summed E-state index contributed by atoms with van der Waals surface area (Å²) in [6, 6.07) is 7.47. The van der Waals surface area contributed by atoms with Crippen LogP contribution in [0.4, 0.5) is 4.39 Å². The zero-order valence-electron chi connectivity index (χ0n) is 12.7. The lowest BCUT2D eigenvalue weighted by molar-refractivity contribution is 0.247. The van der Waals surface area contributed by atoms with Gasteiger partial charge in [-0.05, 0) is 69.4 Å². The second-order valence-corrected chi connectivity index (χ2v) is 6.03. The molecule has 0 radical (unpaired) electrons. The molecule has 0 spiro atoms. The summed E-state index contributed by atoms with van der Waals surface area (Å²) in [6.07, 6.45) is 3.51. The normalized spacial score (nSPS) is 21.2. The van der Waals surface area contributed by atoms with Crippen LogP contribution in [0, 0.1) is 11.7 Å². The van der Waals surface area contributed by atoms with Crippen molar-refractivity contribution in [2.45, 2.75) is 39.2 Å². The van der Waals surface area contributed by atoms with Crippen LogP contribution in [0.5, 0.6) is 0 Å². The summed E-state index contributed by atoms with van der Waals surface area (Å²) in [4.78, 5) is 2.57. The maximum atomic E-state index is 12.9. The summed E-state index contributed by atoms with van der Waals surface area (Å²) >= 11 is 0. The average molecular weight is 278 g/mol. The molecule has 1 fully saturated rings. The fourth-order valence-electron chi connectivity index (χ4n) is 3.00. The Kier molecular flexibility index (Phi) is 5.99. The molecule has 1 heterocycles. The highest BCUT2D eigenvalue weighted by atomic mass is 19.1. The molecule has 0 bridgehead atoms. The molecule has 1 aliphatic rings. The van der Waals surface area contributed by atoms with E-state index in [0.29, 0.717) is 6.04 Å². The Morgan fingerprint density at radius 2 is 2.10 bits per heavy atom. The third-order valence-electron chi connectivity index (χ3n) is 4.24. The second-order valence-electron chi connectivity index (χ2n) is 6.03. The number of nitrogens with one attached hydrogen (secondary N) is 1. The standard InChI is InChI=1S/C17H27FN2/c1-3-9-19-12-16-8-10-20(13-16)14(2)11-15-4-6-17(18)7-5-15/h4-7,14,16,19H,3,8-13H2,1-2H3. The molecule has 2 atom stereocenters. The van der Waals surface area contributed by atoms with E-state index in [1.807, 2.05) is 12.1 Å². The minimum atomic E-state index is -0.148. The number of nitrogens with zero attached hydrogens (tertiary/aromatic N) is 1. The third-order valence-corrected chi connectivity index (χ3v) is 4.24. The van der Waals surface area contributed by atoms with E-state index >= 15 is 0 Å². The molecule has 20 heavy (non-hydrogen) atoms. The highest BCUT2D eigenvalue weighted by Crippen LogP contribution is 2.20. The first kappa shape index (κ1) is 15.5. The predicted molar refractivity (Wildman–Crippen MR) is 82.4 cm³/mol. The molecule has 0 amide bonds. The Bertz CT molecular complexity index is 390. The Morgan fingerprint density at radius 3 is 2.80 bits per heavy atom. The summed E-state index contributed by atoms with van der Waals surface area (Å²) < 4.78 is 12.9. The lowest BCUT2D eigenvalue weighted by Crippen LogP contribution is -2.34. The molecule has 1 aromatic carbocycles. The molecule has 0 aromatic heterocycles. The first-order valence-corrected chi connectivity index (χ1v) is 7.88. The number of likely N-dealkylation sites (tertiary alicyclic amines) is 1. The lowest BCUT2D eigenvalue weighted by atomic mass is 10.1. The molecule has 0 aliphatic carbocycles. The van der Waals surface area contributed by atoms with Gasteiger partial charge in [-0.25, -0.2) is 4.39 Å². The van der Waals surface area contributed by atoms with Crippen molar-refractivity contribution in [2.24, 2.45) is 5.92 Å².